The number of rotatable bonds is 2. The van der Waals surface area contributed by atoms with E-state index in [0.717, 1.165) is 16.9 Å². The van der Waals surface area contributed by atoms with Crippen LogP contribution in [0.1, 0.15) is 0 Å². The molecule has 18 heavy (non-hydrogen) atoms. The van der Waals surface area contributed by atoms with Crippen molar-refractivity contribution in [1.29, 1.82) is 0 Å². The molecule has 0 aliphatic heterocycles. The number of benzene rings is 2. The van der Waals surface area contributed by atoms with Gasteiger partial charge in [0.25, 0.3) is 0 Å². The van der Waals surface area contributed by atoms with E-state index in [-0.39, 0.29) is 5.82 Å². The van der Waals surface area contributed by atoms with Crippen molar-refractivity contribution in [3.63, 3.8) is 0 Å². The van der Waals surface area contributed by atoms with Gasteiger partial charge in [-0.2, -0.15) is 0 Å². The number of aromatic nitrogens is 1. The summed E-state index contributed by atoms with van der Waals surface area (Å²) in [4.78, 5) is 0. The minimum Gasteiger partial charge on any atom is -0.317 e. The van der Waals surface area contributed by atoms with Crippen molar-refractivity contribution in [2.45, 2.75) is 0 Å². The average molecular weight is 237 g/mol. The van der Waals surface area contributed by atoms with Crippen LogP contribution in [0.3, 0.4) is 0 Å². The lowest BCUT2D eigenvalue weighted by Crippen LogP contribution is -1.94. The highest BCUT2D eigenvalue weighted by atomic mass is 19.1. The first-order valence-corrected chi connectivity index (χ1v) is 5.83. The van der Waals surface area contributed by atoms with Crippen LogP contribution in [0.25, 0.3) is 16.9 Å². The molecule has 0 unspecified atom stereocenters. The molecule has 0 spiro atoms. The molecule has 0 radical (unpaired) electrons. The molecule has 2 aromatic carbocycles. The Labute approximate surface area is 105 Å². The molecule has 0 atom stereocenters. The van der Waals surface area contributed by atoms with E-state index < -0.39 is 0 Å². The summed E-state index contributed by atoms with van der Waals surface area (Å²) in [5.74, 6) is -0.212. The van der Waals surface area contributed by atoms with E-state index >= 15 is 0 Å². The van der Waals surface area contributed by atoms with E-state index in [1.54, 1.807) is 12.1 Å². The van der Waals surface area contributed by atoms with Crippen molar-refractivity contribution in [3.05, 3.63) is 78.7 Å². The van der Waals surface area contributed by atoms with Gasteiger partial charge >= 0.3 is 0 Å². The third kappa shape index (κ3) is 1.93. The molecule has 0 saturated heterocycles. The highest BCUT2D eigenvalue weighted by molar-refractivity contribution is 5.62. The first kappa shape index (κ1) is 10.8. The molecule has 2 heteroatoms. The Morgan fingerprint density at radius 3 is 2.17 bits per heavy atom. The van der Waals surface area contributed by atoms with Crippen molar-refractivity contribution in [1.82, 2.24) is 4.57 Å². The largest absolute Gasteiger partial charge is 0.317 e. The van der Waals surface area contributed by atoms with Crippen LogP contribution in [0, 0.1) is 5.82 Å². The monoisotopic (exact) mass is 237 g/mol. The second-order valence-electron chi connectivity index (χ2n) is 4.11. The molecule has 0 N–H and O–H groups in total. The van der Waals surface area contributed by atoms with Gasteiger partial charge in [-0.05, 0) is 54.1 Å². The van der Waals surface area contributed by atoms with Crippen LogP contribution in [0.4, 0.5) is 4.39 Å². The first-order valence-electron chi connectivity index (χ1n) is 5.83. The summed E-state index contributed by atoms with van der Waals surface area (Å²) in [7, 11) is 0. The minimum atomic E-state index is -0.212. The van der Waals surface area contributed by atoms with Crippen LogP contribution in [0.5, 0.6) is 0 Å². The Bertz CT molecular complexity index is 638. The normalized spacial score (nSPS) is 10.5. The molecule has 3 aromatic rings. The van der Waals surface area contributed by atoms with Gasteiger partial charge < -0.3 is 4.57 Å². The third-order valence-electron chi connectivity index (χ3n) is 2.92. The zero-order valence-electron chi connectivity index (χ0n) is 9.75. The van der Waals surface area contributed by atoms with Gasteiger partial charge in [-0.25, -0.2) is 4.39 Å². The van der Waals surface area contributed by atoms with Crippen LogP contribution in [-0.4, -0.2) is 4.57 Å². The van der Waals surface area contributed by atoms with Crippen LogP contribution in [-0.2, 0) is 0 Å². The van der Waals surface area contributed by atoms with Crippen LogP contribution in [0.15, 0.2) is 72.9 Å². The van der Waals surface area contributed by atoms with E-state index in [9.17, 15) is 4.39 Å². The van der Waals surface area contributed by atoms with E-state index in [1.807, 2.05) is 48.7 Å². The lowest BCUT2D eigenvalue weighted by Gasteiger charge is -2.09. The molecule has 1 nitrogen and oxygen atoms in total. The van der Waals surface area contributed by atoms with E-state index in [1.165, 1.54) is 12.1 Å². The van der Waals surface area contributed by atoms with Gasteiger partial charge in [0.05, 0.1) is 5.69 Å². The standard InChI is InChI=1S/C16H12FN/c17-14-10-8-13(9-11-14)16-7-4-12-18(16)15-5-2-1-3-6-15/h1-12H. The van der Waals surface area contributed by atoms with Crippen molar-refractivity contribution in [3.8, 4) is 16.9 Å². The van der Waals surface area contributed by atoms with Gasteiger partial charge in [0.1, 0.15) is 5.82 Å². The summed E-state index contributed by atoms with van der Waals surface area (Å²) in [6.45, 7) is 0. The van der Waals surface area contributed by atoms with Gasteiger partial charge in [0.2, 0.25) is 0 Å². The van der Waals surface area contributed by atoms with Crippen LogP contribution >= 0.6 is 0 Å². The first-order chi connectivity index (χ1) is 8.84. The predicted octanol–water partition coefficient (Wildman–Crippen LogP) is 4.28. The van der Waals surface area contributed by atoms with Crippen LogP contribution < -0.4 is 0 Å². The fraction of sp³-hybridized carbons (Fsp3) is 0. The lowest BCUT2D eigenvalue weighted by molar-refractivity contribution is 0.628. The van der Waals surface area contributed by atoms with E-state index in [4.69, 9.17) is 0 Å². The number of para-hydroxylation sites is 1. The second kappa shape index (κ2) is 4.49. The highest BCUT2D eigenvalue weighted by Gasteiger charge is 2.05. The summed E-state index contributed by atoms with van der Waals surface area (Å²) >= 11 is 0. The van der Waals surface area contributed by atoms with Gasteiger partial charge in [0, 0.05) is 11.9 Å². The average Bonchev–Trinajstić information content (AvgIpc) is 2.90. The maximum absolute atomic E-state index is 12.9. The topological polar surface area (TPSA) is 4.93 Å². The fourth-order valence-corrected chi connectivity index (χ4v) is 2.05. The second-order valence-corrected chi connectivity index (χ2v) is 4.11. The zero-order valence-corrected chi connectivity index (χ0v) is 9.75. The summed E-state index contributed by atoms with van der Waals surface area (Å²) < 4.78 is 15.0. The fourth-order valence-electron chi connectivity index (χ4n) is 2.05. The van der Waals surface area contributed by atoms with E-state index in [2.05, 4.69) is 4.57 Å². The summed E-state index contributed by atoms with van der Waals surface area (Å²) in [5.41, 5.74) is 3.16. The molecular weight excluding hydrogens is 225 g/mol. The molecule has 0 fully saturated rings. The molecule has 88 valence electrons. The van der Waals surface area contributed by atoms with Crippen molar-refractivity contribution in [2.24, 2.45) is 0 Å². The molecular formula is C16H12FN. The molecule has 0 amide bonds. The molecule has 1 aromatic heterocycles. The molecule has 3 rings (SSSR count). The molecule has 0 bridgehead atoms. The Morgan fingerprint density at radius 1 is 0.722 bits per heavy atom. The van der Waals surface area contributed by atoms with Gasteiger partial charge in [0.15, 0.2) is 0 Å². The zero-order chi connectivity index (χ0) is 12.4. The Kier molecular flexibility index (Phi) is 2.69. The maximum Gasteiger partial charge on any atom is 0.123 e. The Hall–Kier alpha value is -2.35. The Balaban J connectivity index is 2.10. The summed E-state index contributed by atoms with van der Waals surface area (Å²) in [6.07, 6.45) is 2.01. The van der Waals surface area contributed by atoms with E-state index in [0.29, 0.717) is 0 Å². The number of hydrogen-bond acceptors (Lipinski definition) is 0. The molecule has 0 saturated carbocycles. The SMILES string of the molecule is Fc1ccc(-c2cccn2-c2ccccc2)cc1. The van der Waals surface area contributed by atoms with Crippen molar-refractivity contribution in [2.75, 3.05) is 0 Å². The van der Waals surface area contributed by atoms with Crippen LogP contribution in [0.2, 0.25) is 0 Å². The number of hydrogen-bond donors (Lipinski definition) is 0. The highest BCUT2D eigenvalue weighted by Crippen LogP contribution is 2.23. The quantitative estimate of drug-likeness (QED) is 0.626. The summed E-state index contributed by atoms with van der Waals surface area (Å²) in [5, 5.41) is 0. The van der Waals surface area contributed by atoms with Gasteiger partial charge in [-0.1, -0.05) is 18.2 Å². The Morgan fingerprint density at radius 2 is 1.44 bits per heavy atom. The lowest BCUT2D eigenvalue weighted by atomic mass is 10.1. The molecule has 0 aliphatic rings. The van der Waals surface area contributed by atoms with Gasteiger partial charge in [-0.15, -0.1) is 0 Å². The van der Waals surface area contributed by atoms with Crippen molar-refractivity contribution >= 4 is 0 Å². The number of halogens is 1. The molecule has 0 aliphatic carbocycles. The maximum atomic E-state index is 12.9. The smallest absolute Gasteiger partial charge is 0.123 e. The molecule has 1 heterocycles. The number of nitrogens with zero attached hydrogens (tertiary/aromatic N) is 1. The predicted molar refractivity (Wildman–Crippen MR) is 71.2 cm³/mol. The minimum absolute atomic E-state index is 0.212. The van der Waals surface area contributed by atoms with Gasteiger partial charge in [-0.3, -0.25) is 0 Å². The van der Waals surface area contributed by atoms with Crippen molar-refractivity contribution < 1.29 is 4.39 Å². The summed E-state index contributed by atoms with van der Waals surface area (Å²) in [6, 6.07) is 20.7. The third-order valence-corrected chi connectivity index (χ3v) is 2.92.